The van der Waals surface area contributed by atoms with E-state index in [-0.39, 0.29) is 0 Å². The maximum absolute atomic E-state index is 4.45. The quantitative estimate of drug-likeness (QED) is 0.821. The highest BCUT2D eigenvalue weighted by Crippen LogP contribution is 2.33. The molecule has 1 aromatic heterocycles. The van der Waals surface area contributed by atoms with Crippen LogP contribution in [-0.2, 0) is 0 Å². The van der Waals surface area contributed by atoms with Crippen molar-refractivity contribution in [3.63, 3.8) is 0 Å². The van der Waals surface area contributed by atoms with Crippen molar-refractivity contribution < 1.29 is 0 Å². The van der Waals surface area contributed by atoms with E-state index in [0.717, 1.165) is 27.6 Å². The van der Waals surface area contributed by atoms with E-state index in [4.69, 9.17) is 0 Å². The van der Waals surface area contributed by atoms with Gasteiger partial charge in [0.2, 0.25) is 0 Å². The standard InChI is InChI=1S/C14H12BrN3S/c1-10-3-2-4-12(17-10)5-6-13-9-18-8-11(15)7-16-14(18)19-13/h2-7,9H,8H2,1H3/b6-5+. The monoisotopic (exact) mass is 333 g/mol. The summed E-state index contributed by atoms with van der Waals surface area (Å²) in [6.45, 7) is 2.85. The summed E-state index contributed by atoms with van der Waals surface area (Å²) in [5.74, 6) is 0. The lowest BCUT2D eigenvalue weighted by Gasteiger charge is -2.17. The van der Waals surface area contributed by atoms with E-state index in [0.29, 0.717) is 0 Å². The highest BCUT2D eigenvalue weighted by atomic mass is 79.9. The molecule has 3 nitrogen and oxygen atoms in total. The van der Waals surface area contributed by atoms with Gasteiger partial charge in [0.25, 0.3) is 0 Å². The molecule has 19 heavy (non-hydrogen) atoms. The van der Waals surface area contributed by atoms with Crippen LogP contribution in [0.4, 0.5) is 0 Å². The SMILES string of the molecule is Cc1cccc(/C=C/C2=CN3CC(Br)=CN=C3S2)n1. The molecule has 3 heterocycles. The molecule has 2 aliphatic rings. The normalized spacial score (nSPS) is 18.2. The Bertz CT molecular complexity index is 631. The summed E-state index contributed by atoms with van der Waals surface area (Å²) >= 11 is 5.15. The molecule has 3 rings (SSSR count). The summed E-state index contributed by atoms with van der Waals surface area (Å²) in [5.41, 5.74) is 2.01. The second-order valence-electron chi connectivity index (χ2n) is 4.29. The van der Waals surface area contributed by atoms with Crippen LogP contribution >= 0.6 is 27.7 Å². The number of aromatic nitrogens is 1. The van der Waals surface area contributed by atoms with E-state index < -0.39 is 0 Å². The Hall–Kier alpha value is -1.33. The van der Waals surface area contributed by atoms with Gasteiger partial charge in [-0.05, 0) is 31.2 Å². The van der Waals surface area contributed by atoms with Gasteiger partial charge < -0.3 is 4.90 Å². The number of halogens is 1. The van der Waals surface area contributed by atoms with Crippen molar-refractivity contribution in [3.05, 3.63) is 57.5 Å². The summed E-state index contributed by atoms with van der Waals surface area (Å²) in [5, 5.41) is 1.03. The Kier molecular flexibility index (Phi) is 3.57. The lowest BCUT2D eigenvalue weighted by Crippen LogP contribution is -2.23. The van der Waals surface area contributed by atoms with Crippen LogP contribution in [-0.4, -0.2) is 21.6 Å². The van der Waals surface area contributed by atoms with Gasteiger partial charge in [-0.15, -0.1) is 0 Å². The van der Waals surface area contributed by atoms with E-state index in [9.17, 15) is 0 Å². The van der Waals surface area contributed by atoms with E-state index in [2.05, 4.69) is 43.1 Å². The van der Waals surface area contributed by atoms with Gasteiger partial charge in [0.1, 0.15) is 0 Å². The molecular weight excluding hydrogens is 322 g/mol. The van der Waals surface area contributed by atoms with Crippen molar-refractivity contribution >= 4 is 38.9 Å². The third-order valence-corrected chi connectivity index (χ3v) is 4.16. The number of thioether (sulfide) groups is 1. The van der Waals surface area contributed by atoms with Crippen molar-refractivity contribution in [1.29, 1.82) is 0 Å². The minimum Gasteiger partial charge on any atom is -0.321 e. The molecule has 0 radical (unpaired) electrons. The number of nitrogens with zero attached hydrogens (tertiary/aromatic N) is 3. The van der Waals surface area contributed by atoms with E-state index in [1.54, 1.807) is 11.8 Å². The van der Waals surface area contributed by atoms with Crippen LogP contribution in [0.25, 0.3) is 6.08 Å². The Balaban J connectivity index is 1.74. The second-order valence-corrected chi connectivity index (χ2v) is 6.35. The summed E-state index contributed by atoms with van der Waals surface area (Å²) in [6.07, 6.45) is 8.10. The maximum Gasteiger partial charge on any atom is 0.173 e. The zero-order valence-electron chi connectivity index (χ0n) is 10.4. The fourth-order valence-electron chi connectivity index (χ4n) is 1.84. The first-order valence-corrected chi connectivity index (χ1v) is 7.52. The molecule has 0 saturated carbocycles. The fourth-order valence-corrected chi connectivity index (χ4v) is 3.08. The van der Waals surface area contributed by atoms with Crippen LogP contribution in [0.1, 0.15) is 11.4 Å². The first-order valence-electron chi connectivity index (χ1n) is 5.91. The molecule has 2 aliphatic heterocycles. The molecule has 0 atom stereocenters. The smallest absolute Gasteiger partial charge is 0.173 e. The van der Waals surface area contributed by atoms with Crippen LogP contribution in [0.15, 0.2) is 51.1 Å². The lowest BCUT2D eigenvalue weighted by atomic mass is 10.3. The van der Waals surface area contributed by atoms with Crippen LogP contribution in [0.2, 0.25) is 0 Å². The summed E-state index contributed by atoms with van der Waals surface area (Å²) < 4.78 is 1.10. The lowest BCUT2D eigenvalue weighted by molar-refractivity contribution is 0.627. The molecule has 0 saturated heterocycles. The number of aliphatic imine (C=N–C) groups is 1. The first kappa shape index (κ1) is 12.7. The largest absolute Gasteiger partial charge is 0.321 e. The average Bonchev–Trinajstić information content (AvgIpc) is 2.78. The van der Waals surface area contributed by atoms with Gasteiger partial charge in [-0.25, -0.2) is 4.99 Å². The van der Waals surface area contributed by atoms with Gasteiger partial charge in [-0.3, -0.25) is 4.98 Å². The number of hydrogen-bond acceptors (Lipinski definition) is 4. The topological polar surface area (TPSA) is 28.5 Å². The number of allylic oxidation sites excluding steroid dienone is 1. The molecular formula is C14H12BrN3S. The van der Waals surface area contributed by atoms with Gasteiger partial charge in [-0.1, -0.05) is 33.8 Å². The number of fused-ring (bicyclic) bond motifs is 1. The third-order valence-electron chi connectivity index (χ3n) is 2.70. The van der Waals surface area contributed by atoms with Crippen LogP contribution in [0.5, 0.6) is 0 Å². The predicted octanol–water partition coefficient (Wildman–Crippen LogP) is 3.90. The van der Waals surface area contributed by atoms with Crippen LogP contribution in [0.3, 0.4) is 0 Å². The molecule has 1 aromatic rings. The Morgan fingerprint density at radius 2 is 2.26 bits per heavy atom. The average molecular weight is 334 g/mol. The predicted molar refractivity (Wildman–Crippen MR) is 84.8 cm³/mol. The summed E-state index contributed by atoms with van der Waals surface area (Å²) in [7, 11) is 0. The zero-order valence-corrected chi connectivity index (χ0v) is 12.8. The molecule has 0 spiro atoms. The third kappa shape index (κ3) is 2.98. The van der Waals surface area contributed by atoms with Crippen molar-refractivity contribution in [3.8, 4) is 0 Å². The number of aryl methyl sites for hydroxylation is 1. The summed E-state index contributed by atoms with van der Waals surface area (Å²) in [4.78, 5) is 12.2. The van der Waals surface area contributed by atoms with E-state index in [1.807, 2.05) is 37.4 Å². The first-order chi connectivity index (χ1) is 9.20. The Labute approximate surface area is 125 Å². The van der Waals surface area contributed by atoms with Gasteiger partial charge in [0, 0.05) is 27.5 Å². The number of rotatable bonds is 2. The Morgan fingerprint density at radius 3 is 3.11 bits per heavy atom. The van der Waals surface area contributed by atoms with Gasteiger partial charge in [0.05, 0.1) is 12.2 Å². The molecule has 0 aromatic carbocycles. The minimum absolute atomic E-state index is 0.853. The van der Waals surface area contributed by atoms with E-state index in [1.165, 1.54) is 4.91 Å². The van der Waals surface area contributed by atoms with Crippen LogP contribution < -0.4 is 0 Å². The van der Waals surface area contributed by atoms with Crippen molar-refractivity contribution in [1.82, 2.24) is 9.88 Å². The molecule has 0 aliphatic carbocycles. The van der Waals surface area contributed by atoms with Crippen molar-refractivity contribution in [2.75, 3.05) is 6.54 Å². The number of hydrogen-bond donors (Lipinski definition) is 0. The number of pyridine rings is 1. The van der Waals surface area contributed by atoms with Gasteiger partial charge in [-0.2, -0.15) is 0 Å². The highest BCUT2D eigenvalue weighted by molar-refractivity contribution is 9.11. The maximum atomic E-state index is 4.45. The molecule has 0 unspecified atom stereocenters. The summed E-state index contributed by atoms with van der Waals surface area (Å²) in [6, 6.07) is 6.03. The fraction of sp³-hybridized carbons (Fsp3) is 0.143. The second kappa shape index (κ2) is 5.35. The van der Waals surface area contributed by atoms with Crippen molar-refractivity contribution in [2.45, 2.75) is 6.92 Å². The highest BCUT2D eigenvalue weighted by Gasteiger charge is 2.22. The minimum atomic E-state index is 0.853. The van der Waals surface area contributed by atoms with E-state index >= 15 is 0 Å². The molecule has 96 valence electrons. The van der Waals surface area contributed by atoms with Gasteiger partial charge >= 0.3 is 0 Å². The molecule has 5 heteroatoms. The molecule has 0 amide bonds. The van der Waals surface area contributed by atoms with Gasteiger partial charge in [0.15, 0.2) is 5.17 Å². The van der Waals surface area contributed by atoms with Crippen molar-refractivity contribution in [2.24, 2.45) is 4.99 Å². The number of amidine groups is 1. The molecule has 0 N–H and O–H groups in total. The molecule has 0 bridgehead atoms. The van der Waals surface area contributed by atoms with Crippen LogP contribution in [0, 0.1) is 6.92 Å². The molecule has 0 fully saturated rings. The Morgan fingerprint density at radius 1 is 1.37 bits per heavy atom. The zero-order chi connectivity index (χ0) is 13.2.